The molecular weight excluding hydrogens is 863 g/mol. The van der Waals surface area contributed by atoms with Crippen LogP contribution in [0.25, 0.3) is 137 Å². The Bertz CT molecular complexity index is 4560. The van der Waals surface area contributed by atoms with Gasteiger partial charge in [0.1, 0.15) is 0 Å². The predicted octanol–water partition coefficient (Wildman–Crippen LogP) is 17.2. The Hall–Kier alpha value is -9.58. The molecule has 5 heterocycles. The van der Waals surface area contributed by atoms with E-state index in [1.165, 1.54) is 109 Å². The van der Waals surface area contributed by atoms with Crippen molar-refractivity contribution in [1.29, 1.82) is 0 Å². The molecule has 71 heavy (non-hydrogen) atoms. The van der Waals surface area contributed by atoms with Crippen LogP contribution in [0.3, 0.4) is 0 Å². The average Bonchev–Trinajstić information content (AvgIpc) is 4.23. The third kappa shape index (κ3) is 5.24. The largest absolute Gasteiger partial charge is 0.309 e. The van der Waals surface area contributed by atoms with Gasteiger partial charge in [0.05, 0.1) is 55.2 Å². The van der Waals surface area contributed by atoms with Gasteiger partial charge in [0.15, 0.2) is 0 Å². The number of aromatic nitrogens is 5. The van der Waals surface area contributed by atoms with Crippen LogP contribution < -0.4 is 0 Å². The van der Waals surface area contributed by atoms with Gasteiger partial charge >= 0.3 is 0 Å². The van der Waals surface area contributed by atoms with Crippen LogP contribution in [0.4, 0.5) is 0 Å². The fraction of sp³-hybridized carbons (Fsp3) is 0. The standard InChI is InChI=1S/C66H41N5/c1-4-18-42(19-5-1)67-53-28-14-10-24-47(53)51-40-45(32-34-57(51)67)70-55-30-16-12-26-49(55)63-59(70)36-38-61-65(63)66-62(69(61)44-22-8-3-9-23-44)39-37-60-64(66)50-27-13-17-31-56(50)71(60)46-33-35-58-52(41-46)48-25-11-15-29-54(48)68(58)43-20-6-2-7-21-43/h1-41H. The average molecular weight is 904 g/mol. The van der Waals surface area contributed by atoms with E-state index in [-0.39, 0.29) is 0 Å². The molecular formula is C66H41N5. The van der Waals surface area contributed by atoms with Gasteiger partial charge in [-0.1, -0.05) is 127 Å². The summed E-state index contributed by atoms with van der Waals surface area (Å²) in [6.07, 6.45) is 0. The normalized spacial score (nSPS) is 12.2. The zero-order valence-electron chi connectivity index (χ0n) is 38.4. The summed E-state index contributed by atoms with van der Waals surface area (Å²) in [6.45, 7) is 0. The van der Waals surface area contributed by atoms with Crippen LogP contribution in [0.15, 0.2) is 249 Å². The summed E-state index contributed by atoms with van der Waals surface area (Å²) < 4.78 is 12.3. The highest BCUT2D eigenvalue weighted by Crippen LogP contribution is 2.48. The van der Waals surface area contributed by atoms with E-state index in [1.54, 1.807) is 0 Å². The Balaban J connectivity index is 1.01. The molecule has 0 radical (unpaired) electrons. The van der Waals surface area contributed by atoms with Crippen LogP contribution >= 0.6 is 0 Å². The maximum absolute atomic E-state index is 2.49. The van der Waals surface area contributed by atoms with Gasteiger partial charge in [-0.25, -0.2) is 0 Å². The maximum atomic E-state index is 2.49. The lowest BCUT2D eigenvalue weighted by Crippen LogP contribution is -1.96. The van der Waals surface area contributed by atoms with Crippen molar-refractivity contribution >= 4 is 109 Å². The second-order valence-corrected chi connectivity index (χ2v) is 18.9. The highest BCUT2D eigenvalue weighted by molar-refractivity contribution is 6.36. The second kappa shape index (κ2) is 14.5. The molecule has 0 amide bonds. The van der Waals surface area contributed by atoms with Crippen molar-refractivity contribution in [3.8, 4) is 28.4 Å². The number of nitrogens with zero attached hydrogens (tertiary/aromatic N) is 5. The van der Waals surface area contributed by atoms with Gasteiger partial charge in [-0.3, -0.25) is 0 Å². The molecule has 5 aromatic heterocycles. The summed E-state index contributed by atoms with van der Waals surface area (Å²) >= 11 is 0. The summed E-state index contributed by atoms with van der Waals surface area (Å²) in [6, 6.07) is 91.4. The first-order valence-electron chi connectivity index (χ1n) is 24.4. The van der Waals surface area contributed by atoms with Crippen molar-refractivity contribution in [1.82, 2.24) is 22.8 Å². The fourth-order valence-corrected chi connectivity index (χ4v) is 12.4. The molecule has 0 unspecified atom stereocenters. The number of benzene rings is 11. The first-order chi connectivity index (χ1) is 35.3. The molecule has 16 aromatic rings. The van der Waals surface area contributed by atoms with Gasteiger partial charge in [0.2, 0.25) is 0 Å². The quantitative estimate of drug-likeness (QED) is 0.164. The topological polar surface area (TPSA) is 24.6 Å². The number of rotatable bonds is 5. The van der Waals surface area contributed by atoms with Crippen LogP contribution in [-0.2, 0) is 0 Å². The zero-order valence-corrected chi connectivity index (χ0v) is 38.4. The van der Waals surface area contributed by atoms with Crippen LogP contribution in [0.1, 0.15) is 0 Å². The molecule has 0 aliphatic heterocycles. The molecule has 0 spiro atoms. The third-order valence-electron chi connectivity index (χ3n) is 15.2. The monoisotopic (exact) mass is 903 g/mol. The Morgan fingerprint density at radius 3 is 0.789 bits per heavy atom. The molecule has 0 N–H and O–H groups in total. The molecule has 16 rings (SSSR count). The summed E-state index contributed by atoms with van der Waals surface area (Å²) in [7, 11) is 0. The van der Waals surface area contributed by atoms with Gasteiger partial charge < -0.3 is 22.8 Å². The number of hydrogen-bond acceptors (Lipinski definition) is 0. The Morgan fingerprint density at radius 1 is 0.155 bits per heavy atom. The summed E-state index contributed by atoms with van der Waals surface area (Å²) in [5.41, 5.74) is 17.6. The SMILES string of the molecule is c1ccc(-n2c3ccccc3c3cc(-n4c5ccccc5c5c6c7c8c9ccccc9n(-c9ccc%10c(c9)c9ccccc9n%10-c9ccccc9)c8ccc7n(-c7ccccc7)c6ccc54)ccc32)cc1. The first-order valence-corrected chi connectivity index (χ1v) is 24.4. The van der Waals surface area contributed by atoms with Crippen LogP contribution in [0.5, 0.6) is 0 Å². The fourth-order valence-electron chi connectivity index (χ4n) is 12.4. The van der Waals surface area contributed by atoms with Crippen molar-refractivity contribution in [3.63, 3.8) is 0 Å². The molecule has 0 saturated carbocycles. The zero-order chi connectivity index (χ0) is 46.3. The van der Waals surface area contributed by atoms with Crippen molar-refractivity contribution < 1.29 is 0 Å². The highest BCUT2D eigenvalue weighted by Gasteiger charge is 2.26. The van der Waals surface area contributed by atoms with Crippen LogP contribution in [-0.4, -0.2) is 22.8 Å². The smallest absolute Gasteiger partial charge is 0.0549 e. The lowest BCUT2D eigenvalue weighted by atomic mass is 10.0. The highest BCUT2D eigenvalue weighted by atomic mass is 15.0. The Morgan fingerprint density at radius 2 is 0.408 bits per heavy atom. The molecule has 5 heteroatoms. The Kier molecular flexibility index (Phi) is 7.82. The minimum Gasteiger partial charge on any atom is -0.309 e. The van der Waals surface area contributed by atoms with E-state index in [2.05, 4.69) is 272 Å². The van der Waals surface area contributed by atoms with Gasteiger partial charge in [-0.15, -0.1) is 0 Å². The molecule has 0 fully saturated rings. The molecule has 0 aliphatic carbocycles. The van der Waals surface area contributed by atoms with Crippen LogP contribution in [0, 0.1) is 0 Å². The first kappa shape index (κ1) is 38.4. The minimum absolute atomic E-state index is 1.14. The minimum atomic E-state index is 1.14. The maximum Gasteiger partial charge on any atom is 0.0549 e. The van der Waals surface area contributed by atoms with Crippen molar-refractivity contribution in [2.75, 3.05) is 0 Å². The lowest BCUT2D eigenvalue weighted by Gasteiger charge is -2.11. The summed E-state index contributed by atoms with van der Waals surface area (Å²) in [5, 5.41) is 12.4. The predicted molar refractivity (Wildman–Crippen MR) is 298 cm³/mol. The van der Waals surface area contributed by atoms with E-state index in [0.29, 0.717) is 0 Å². The van der Waals surface area contributed by atoms with E-state index in [1.807, 2.05) is 0 Å². The molecule has 0 saturated heterocycles. The van der Waals surface area contributed by atoms with E-state index in [4.69, 9.17) is 0 Å². The number of hydrogen-bond donors (Lipinski definition) is 0. The van der Waals surface area contributed by atoms with Gasteiger partial charge in [-0.2, -0.15) is 0 Å². The Labute approximate surface area is 407 Å². The molecule has 11 aromatic carbocycles. The molecule has 5 nitrogen and oxygen atoms in total. The van der Waals surface area contributed by atoms with Gasteiger partial charge in [-0.05, 0) is 121 Å². The van der Waals surface area contributed by atoms with E-state index in [9.17, 15) is 0 Å². The number of para-hydroxylation sites is 7. The van der Waals surface area contributed by atoms with Crippen molar-refractivity contribution in [2.24, 2.45) is 0 Å². The lowest BCUT2D eigenvalue weighted by molar-refractivity contribution is 1.16. The molecule has 0 bridgehead atoms. The van der Waals surface area contributed by atoms with Crippen LogP contribution in [0.2, 0.25) is 0 Å². The van der Waals surface area contributed by atoms with E-state index < -0.39 is 0 Å². The molecule has 0 atom stereocenters. The van der Waals surface area contributed by atoms with Gasteiger partial charge in [0.25, 0.3) is 0 Å². The molecule has 330 valence electrons. The molecule has 0 aliphatic rings. The van der Waals surface area contributed by atoms with Gasteiger partial charge in [0, 0.05) is 82.3 Å². The third-order valence-corrected chi connectivity index (χ3v) is 15.2. The van der Waals surface area contributed by atoms with Crippen molar-refractivity contribution in [3.05, 3.63) is 249 Å². The van der Waals surface area contributed by atoms with E-state index >= 15 is 0 Å². The summed E-state index contributed by atoms with van der Waals surface area (Å²) in [5.74, 6) is 0. The second-order valence-electron chi connectivity index (χ2n) is 18.9. The van der Waals surface area contributed by atoms with E-state index in [0.717, 1.165) is 28.4 Å². The summed E-state index contributed by atoms with van der Waals surface area (Å²) in [4.78, 5) is 0. The van der Waals surface area contributed by atoms with Crippen molar-refractivity contribution in [2.45, 2.75) is 0 Å². The number of fused-ring (bicyclic) bond motifs is 17.